The third kappa shape index (κ3) is 2.52. The first-order valence-electron chi connectivity index (χ1n) is 7.21. The number of aliphatic hydroxyl groups excluding tert-OH is 3. The van der Waals surface area contributed by atoms with Crippen LogP contribution in [0.4, 0.5) is 17.5 Å². The van der Waals surface area contributed by atoms with Gasteiger partial charge in [0, 0.05) is 13.1 Å². The van der Waals surface area contributed by atoms with Crippen LogP contribution in [0.3, 0.4) is 0 Å². The van der Waals surface area contributed by atoms with Crippen LogP contribution in [0, 0.1) is 0 Å². The summed E-state index contributed by atoms with van der Waals surface area (Å²) in [7, 11) is 0. The predicted molar refractivity (Wildman–Crippen MR) is 80.8 cm³/mol. The molecule has 0 bridgehead atoms. The fourth-order valence-corrected chi connectivity index (χ4v) is 2.96. The van der Waals surface area contributed by atoms with E-state index in [1.807, 2.05) is 0 Å². The van der Waals surface area contributed by atoms with E-state index in [9.17, 15) is 20.1 Å². The van der Waals surface area contributed by atoms with Crippen LogP contribution < -0.4 is 26.8 Å². The van der Waals surface area contributed by atoms with Crippen molar-refractivity contribution in [3.8, 4) is 0 Å². The fraction of sp³-hybridized carbons (Fsp3) is 0.667. The highest BCUT2D eigenvalue weighted by molar-refractivity contribution is 5.73. The van der Waals surface area contributed by atoms with Crippen LogP contribution >= 0.6 is 0 Å². The first-order chi connectivity index (χ1) is 11.0. The number of ether oxygens (including phenoxy) is 1. The number of rotatable bonds is 4. The van der Waals surface area contributed by atoms with Gasteiger partial charge in [-0.3, -0.25) is 9.78 Å². The molecule has 1 fully saturated rings. The second-order valence-corrected chi connectivity index (χ2v) is 5.52. The lowest BCUT2D eigenvalue weighted by Gasteiger charge is -2.28. The van der Waals surface area contributed by atoms with Crippen LogP contribution in [0.5, 0.6) is 0 Å². The van der Waals surface area contributed by atoms with Crippen LogP contribution in [-0.4, -0.2) is 76.2 Å². The first kappa shape index (κ1) is 16.0. The number of fused-ring (bicyclic) bond motifs is 1. The van der Waals surface area contributed by atoms with Crippen LogP contribution in [0.1, 0.15) is 0 Å². The van der Waals surface area contributed by atoms with Gasteiger partial charge in [-0.1, -0.05) is 0 Å². The van der Waals surface area contributed by atoms with Gasteiger partial charge in [-0.2, -0.15) is 4.98 Å². The zero-order valence-corrected chi connectivity index (χ0v) is 12.3. The third-order valence-electron chi connectivity index (χ3n) is 4.03. The Bertz CT molecular complexity index is 639. The zero-order valence-electron chi connectivity index (χ0n) is 12.3. The standard InChI is InChI=1S/C12H20N6O5/c13-1-2-17-4-18(9-6(17)10(22)16-12(14)15-9)11-8(21)7(20)5(3-19)23-11/h5,7-8,11,19-21H,1-4,13H2,(H3,14,15,16,22)/t5-,7-,8-,11-/m1/s1. The molecule has 0 aromatic carbocycles. The Kier molecular flexibility index (Phi) is 4.12. The molecule has 128 valence electrons. The molecule has 4 atom stereocenters. The second kappa shape index (κ2) is 5.94. The number of nitrogens with one attached hydrogen (secondary N) is 1. The van der Waals surface area contributed by atoms with Crippen molar-refractivity contribution in [3.05, 3.63) is 10.4 Å². The minimum Gasteiger partial charge on any atom is -0.394 e. The van der Waals surface area contributed by atoms with E-state index >= 15 is 0 Å². The van der Waals surface area contributed by atoms with E-state index in [1.165, 1.54) is 4.90 Å². The van der Waals surface area contributed by atoms with Gasteiger partial charge in [0.25, 0.3) is 5.56 Å². The molecule has 11 heteroatoms. The molecule has 0 unspecified atom stereocenters. The van der Waals surface area contributed by atoms with Crippen molar-refractivity contribution in [2.45, 2.75) is 24.5 Å². The third-order valence-corrected chi connectivity index (χ3v) is 4.03. The van der Waals surface area contributed by atoms with E-state index in [1.54, 1.807) is 4.90 Å². The van der Waals surface area contributed by atoms with Gasteiger partial charge in [-0.15, -0.1) is 0 Å². The lowest BCUT2D eigenvalue weighted by molar-refractivity contribution is -0.0222. The Hall–Kier alpha value is -1.92. The van der Waals surface area contributed by atoms with Crippen molar-refractivity contribution in [2.24, 2.45) is 5.73 Å². The Labute approximate surface area is 131 Å². The van der Waals surface area contributed by atoms with Crippen LogP contribution in [-0.2, 0) is 4.74 Å². The minimum absolute atomic E-state index is 0.0694. The van der Waals surface area contributed by atoms with Gasteiger partial charge in [0.1, 0.15) is 24.0 Å². The minimum atomic E-state index is -1.26. The lowest BCUT2D eigenvalue weighted by atomic mass is 10.1. The van der Waals surface area contributed by atoms with Gasteiger partial charge in [0.05, 0.1) is 13.3 Å². The number of nitrogens with two attached hydrogens (primary N) is 2. The van der Waals surface area contributed by atoms with Crippen molar-refractivity contribution in [3.63, 3.8) is 0 Å². The summed E-state index contributed by atoms with van der Waals surface area (Å²) < 4.78 is 5.51. The van der Waals surface area contributed by atoms with Gasteiger partial charge in [-0.25, -0.2) is 0 Å². The number of nitrogen functional groups attached to an aromatic ring is 1. The van der Waals surface area contributed by atoms with Crippen LogP contribution in [0.2, 0.25) is 0 Å². The van der Waals surface area contributed by atoms with E-state index in [0.717, 1.165) is 0 Å². The molecule has 1 aromatic rings. The Morgan fingerprint density at radius 1 is 1.39 bits per heavy atom. The molecule has 2 aliphatic rings. The maximum atomic E-state index is 12.2. The molecule has 0 amide bonds. The molecule has 1 aromatic heterocycles. The van der Waals surface area contributed by atoms with Crippen molar-refractivity contribution in [1.29, 1.82) is 0 Å². The van der Waals surface area contributed by atoms with E-state index in [2.05, 4.69) is 9.97 Å². The molecule has 1 saturated heterocycles. The van der Waals surface area contributed by atoms with E-state index in [0.29, 0.717) is 13.1 Å². The number of nitrogens with zero attached hydrogens (tertiary/aromatic N) is 3. The summed E-state index contributed by atoms with van der Waals surface area (Å²) in [6.07, 6.45) is -4.38. The summed E-state index contributed by atoms with van der Waals surface area (Å²) in [5.74, 6) is 0.176. The number of anilines is 3. The maximum Gasteiger partial charge on any atom is 0.278 e. The molecule has 0 aliphatic carbocycles. The van der Waals surface area contributed by atoms with Gasteiger partial charge in [0.15, 0.2) is 12.0 Å². The molecule has 8 N–H and O–H groups in total. The van der Waals surface area contributed by atoms with Crippen molar-refractivity contribution >= 4 is 17.5 Å². The van der Waals surface area contributed by atoms with Gasteiger partial charge < -0.3 is 41.3 Å². The summed E-state index contributed by atoms with van der Waals surface area (Å²) in [6.45, 7) is 0.464. The Morgan fingerprint density at radius 2 is 2.13 bits per heavy atom. The molecule has 11 nitrogen and oxygen atoms in total. The fourth-order valence-electron chi connectivity index (χ4n) is 2.96. The summed E-state index contributed by atoms with van der Waals surface area (Å²) in [5, 5.41) is 29.3. The maximum absolute atomic E-state index is 12.2. The largest absolute Gasteiger partial charge is 0.394 e. The predicted octanol–water partition coefficient (Wildman–Crippen LogP) is -3.67. The quantitative estimate of drug-likeness (QED) is 0.323. The summed E-state index contributed by atoms with van der Waals surface area (Å²) >= 11 is 0. The molecular weight excluding hydrogens is 308 g/mol. The monoisotopic (exact) mass is 328 g/mol. The number of H-pyrrole nitrogens is 1. The zero-order chi connectivity index (χ0) is 16.7. The van der Waals surface area contributed by atoms with Crippen molar-refractivity contribution in [2.75, 3.05) is 41.9 Å². The summed E-state index contributed by atoms with van der Waals surface area (Å²) in [6, 6.07) is 0. The van der Waals surface area contributed by atoms with E-state index < -0.39 is 36.7 Å². The van der Waals surface area contributed by atoms with Gasteiger partial charge in [-0.05, 0) is 0 Å². The average Bonchev–Trinajstić information content (AvgIpc) is 2.99. The summed E-state index contributed by atoms with van der Waals surface area (Å²) in [4.78, 5) is 21.9. The summed E-state index contributed by atoms with van der Waals surface area (Å²) in [5.41, 5.74) is 11.0. The second-order valence-electron chi connectivity index (χ2n) is 5.52. The molecule has 2 aliphatic heterocycles. The molecule has 3 rings (SSSR count). The Morgan fingerprint density at radius 3 is 2.74 bits per heavy atom. The van der Waals surface area contributed by atoms with Crippen molar-refractivity contribution in [1.82, 2.24) is 9.97 Å². The molecule has 3 heterocycles. The average molecular weight is 328 g/mol. The van der Waals surface area contributed by atoms with Gasteiger partial charge >= 0.3 is 0 Å². The number of hydrogen-bond acceptors (Lipinski definition) is 10. The topological polar surface area (TPSA) is 174 Å². The number of hydrogen-bond donors (Lipinski definition) is 6. The lowest BCUT2D eigenvalue weighted by Crippen LogP contribution is -2.46. The number of aromatic amines is 1. The normalized spacial score (nSPS) is 30.1. The van der Waals surface area contributed by atoms with E-state index in [-0.39, 0.29) is 24.1 Å². The van der Waals surface area contributed by atoms with Crippen LogP contribution in [0.25, 0.3) is 0 Å². The molecule has 23 heavy (non-hydrogen) atoms. The SMILES string of the molecule is NCCN1CN([C@@H]2O[C@H](CO)[C@@H](O)[C@H]2O)c2nc(N)[nH]c(=O)c21. The van der Waals surface area contributed by atoms with E-state index in [4.69, 9.17) is 16.2 Å². The van der Waals surface area contributed by atoms with Gasteiger partial charge in [0.2, 0.25) is 5.95 Å². The molecule has 0 radical (unpaired) electrons. The van der Waals surface area contributed by atoms with Crippen molar-refractivity contribution < 1.29 is 20.1 Å². The first-order valence-corrected chi connectivity index (χ1v) is 7.21. The molecular formula is C12H20N6O5. The molecule has 0 saturated carbocycles. The smallest absolute Gasteiger partial charge is 0.278 e. The highest BCUT2D eigenvalue weighted by Crippen LogP contribution is 2.36. The number of aliphatic hydroxyl groups is 3. The highest BCUT2D eigenvalue weighted by atomic mass is 16.6. The highest BCUT2D eigenvalue weighted by Gasteiger charge is 2.48. The van der Waals surface area contributed by atoms with Crippen LogP contribution in [0.15, 0.2) is 4.79 Å². The molecule has 0 spiro atoms. The number of aromatic nitrogens is 2. The Balaban J connectivity index is 1.98.